The highest BCUT2D eigenvalue weighted by atomic mass is 19.1. The van der Waals surface area contributed by atoms with E-state index in [4.69, 9.17) is 5.11 Å². The van der Waals surface area contributed by atoms with E-state index >= 15 is 0 Å². The fourth-order valence-corrected chi connectivity index (χ4v) is 2.83. The molecule has 1 aromatic carbocycles. The van der Waals surface area contributed by atoms with Crippen molar-refractivity contribution in [3.05, 3.63) is 29.6 Å². The lowest BCUT2D eigenvalue weighted by Crippen LogP contribution is -2.44. The standard InChI is InChI=1S/C15H21FN2O2/c1-17-14-12(6-4-7-13(14)16)15(20)18-9-3-2-5-11(18)8-10-19/h4,6-7,11,17,19H,2-3,5,8-10H2,1H3. The zero-order valence-electron chi connectivity index (χ0n) is 11.7. The van der Waals surface area contributed by atoms with Crippen LogP contribution in [-0.4, -0.2) is 42.2 Å². The number of aliphatic hydroxyl groups excluding tert-OH is 1. The molecule has 1 heterocycles. The van der Waals surface area contributed by atoms with Gasteiger partial charge in [-0.25, -0.2) is 4.39 Å². The Hall–Kier alpha value is -1.62. The van der Waals surface area contributed by atoms with Gasteiger partial charge in [-0.15, -0.1) is 0 Å². The highest BCUT2D eigenvalue weighted by Gasteiger charge is 2.28. The SMILES string of the molecule is CNc1c(F)cccc1C(=O)N1CCCCC1CCO. The smallest absolute Gasteiger partial charge is 0.256 e. The first-order chi connectivity index (χ1) is 9.69. The van der Waals surface area contributed by atoms with Crippen molar-refractivity contribution in [3.8, 4) is 0 Å². The number of hydrogen-bond acceptors (Lipinski definition) is 3. The lowest BCUT2D eigenvalue weighted by molar-refractivity contribution is 0.0575. The Bertz CT molecular complexity index is 477. The highest BCUT2D eigenvalue weighted by Crippen LogP contribution is 2.26. The molecule has 1 fully saturated rings. The van der Waals surface area contributed by atoms with Crippen LogP contribution in [0.2, 0.25) is 0 Å². The second kappa shape index (κ2) is 6.70. The molecule has 0 spiro atoms. The molecule has 2 N–H and O–H groups in total. The molecule has 0 bridgehead atoms. The molecule has 1 atom stereocenters. The molecule has 5 heteroatoms. The molecule has 0 aliphatic carbocycles. The van der Waals surface area contributed by atoms with Crippen molar-refractivity contribution in [2.45, 2.75) is 31.7 Å². The summed E-state index contributed by atoms with van der Waals surface area (Å²) in [7, 11) is 1.61. The molecule has 1 aliphatic heterocycles. The average molecular weight is 280 g/mol. The normalized spacial score (nSPS) is 18.9. The van der Waals surface area contributed by atoms with Crippen molar-refractivity contribution < 1.29 is 14.3 Å². The van der Waals surface area contributed by atoms with Crippen molar-refractivity contribution >= 4 is 11.6 Å². The van der Waals surface area contributed by atoms with Crippen LogP contribution < -0.4 is 5.32 Å². The molecule has 1 aliphatic rings. The number of nitrogens with zero attached hydrogens (tertiary/aromatic N) is 1. The number of piperidine rings is 1. The molecule has 1 aromatic rings. The van der Waals surface area contributed by atoms with Crippen LogP contribution in [0.3, 0.4) is 0 Å². The van der Waals surface area contributed by atoms with Gasteiger partial charge < -0.3 is 15.3 Å². The van der Waals surface area contributed by atoms with E-state index in [0.717, 1.165) is 19.3 Å². The fraction of sp³-hybridized carbons (Fsp3) is 0.533. The molecule has 0 radical (unpaired) electrons. The predicted octanol–water partition coefficient (Wildman–Crippen LogP) is 2.24. The Morgan fingerprint density at radius 3 is 3.00 bits per heavy atom. The molecular weight excluding hydrogens is 259 g/mol. The zero-order valence-corrected chi connectivity index (χ0v) is 11.7. The van der Waals surface area contributed by atoms with Crippen LogP contribution in [0.1, 0.15) is 36.0 Å². The Morgan fingerprint density at radius 1 is 1.50 bits per heavy atom. The van der Waals surface area contributed by atoms with Crippen molar-refractivity contribution in [2.24, 2.45) is 0 Å². The Morgan fingerprint density at radius 2 is 2.30 bits per heavy atom. The van der Waals surface area contributed by atoms with Crippen molar-refractivity contribution in [1.82, 2.24) is 4.90 Å². The number of anilines is 1. The molecular formula is C15H21FN2O2. The number of nitrogens with one attached hydrogen (secondary N) is 1. The number of halogens is 1. The van der Waals surface area contributed by atoms with Crippen LogP contribution in [0.25, 0.3) is 0 Å². The lowest BCUT2D eigenvalue weighted by Gasteiger charge is -2.36. The summed E-state index contributed by atoms with van der Waals surface area (Å²) in [6.07, 6.45) is 3.50. The lowest BCUT2D eigenvalue weighted by atomic mass is 9.98. The van der Waals surface area contributed by atoms with E-state index in [0.29, 0.717) is 18.5 Å². The van der Waals surface area contributed by atoms with Gasteiger partial charge in [0.15, 0.2) is 0 Å². The van der Waals surface area contributed by atoms with E-state index in [-0.39, 0.29) is 24.2 Å². The third-order valence-corrected chi connectivity index (χ3v) is 3.84. The first kappa shape index (κ1) is 14.8. The Labute approximate surface area is 118 Å². The van der Waals surface area contributed by atoms with Gasteiger partial charge in [-0.3, -0.25) is 4.79 Å². The van der Waals surface area contributed by atoms with Gasteiger partial charge in [0.05, 0.1) is 11.3 Å². The number of carbonyl (C=O) groups excluding carboxylic acids is 1. The molecule has 1 saturated heterocycles. The quantitative estimate of drug-likeness (QED) is 0.889. The minimum atomic E-state index is -0.422. The number of aliphatic hydroxyl groups is 1. The minimum absolute atomic E-state index is 0.0502. The van der Waals surface area contributed by atoms with Crippen LogP contribution in [0.15, 0.2) is 18.2 Å². The van der Waals surface area contributed by atoms with Gasteiger partial charge in [0.25, 0.3) is 5.91 Å². The maximum Gasteiger partial charge on any atom is 0.256 e. The molecule has 0 aromatic heterocycles. The van der Waals surface area contributed by atoms with Gasteiger partial charge in [-0.1, -0.05) is 6.07 Å². The predicted molar refractivity (Wildman–Crippen MR) is 76.3 cm³/mol. The van der Waals surface area contributed by atoms with Gasteiger partial charge in [0.2, 0.25) is 0 Å². The van der Waals surface area contributed by atoms with E-state index < -0.39 is 5.82 Å². The number of hydrogen-bond donors (Lipinski definition) is 2. The van der Waals surface area contributed by atoms with Crippen molar-refractivity contribution in [3.63, 3.8) is 0 Å². The van der Waals surface area contributed by atoms with Gasteiger partial charge in [0, 0.05) is 26.2 Å². The molecule has 1 amide bonds. The van der Waals surface area contributed by atoms with Crippen LogP contribution >= 0.6 is 0 Å². The fourth-order valence-electron chi connectivity index (χ4n) is 2.83. The topological polar surface area (TPSA) is 52.6 Å². The molecule has 4 nitrogen and oxygen atoms in total. The maximum atomic E-state index is 13.7. The third kappa shape index (κ3) is 2.93. The molecule has 0 saturated carbocycles. The van der Waals surface area contributed by atoms with E-state index in [9.17, 15) is 9.18 Å². The van der Waals surface area contributed by atoms with Crippen LogP contribution in [0, 0.1) is 5.82 Å². The Kier molecular flexibility index (Phi) is 4.95. The summed E-state index contributed by atoms with van der Waals surface area (Å²) in [5.74, 6) is -0.582. The monoisotopic (exact) mass is 280 g/mol. The second-order valence-corrected chi connectivity index (χ2v) is 5.07. The van der Waals surface area contributed by atoms with Crippen LogP contribution in [0.4, 0.5) is 10.1 Å². The largest absolute Gasteiger partial charge is 0.396 e. The molecule has 2 rings (SSSR count). The summed E-state index contributed by atoms with van der Waals surface area (Å²) >= 11 is 0. The Balaban J connectivity index is 2.27. The van der Waals surface area contributed by atoms with E-state index in [1.165, 1.54) is 6.07 Å². The van der Waals surface area contributed by atoms with Crippen LogP contribution in [-0.2, 0) is 0 Å². The second-order valence-electron chi connectivity index (χ2n) is 5.07. The van der Waals surface area contributed by atoms with Gasteiger partial charge in [0.1, 0.15) is 5.82 Å². The zero-order chi connectivity index (χ0) is 14.5. The van der Waals surface area contributed by atoms with Gasteiger partial charge in [-0.05, 0) is 37.8 Å². The summed E-state index contributed by atoms with van der Waals surface area (Å²) in [4.78, 5) is 14.4. The van der Waals surface area contributed by atoms with Crippen molar-refractivity contribution in [2.75, 3.05) is 25.5 Å². The highest BCUT2D eigenvalue weighted by molar-refractivity contribution is 6.00. The number of carbonyl (C=O) groups is 1. The number of para-hydroxylation sites is 1. The minimum Gasteiger partial charge on any atom is -0.396 e. The third-order valence-electron chi connectivity index (χ3n) is 3.84. The number of amides is 1. The summed E-state index contributed by atoms with van der Waals surface area (Å²) in [5, 5.41) is 11.9. The number of benzene rings is 1. The summed E-state index contributed by atoms with van der Waals surface area (Å²) in [6.45, 7) is 0.736. The van der Waals surface area contributed by atoms with E-state index in [1.807, 2.05) is 0 Å². The first-order valence-electron chi connectivity index (χ1n) is 7.07. The summed E-state index contributed by atoms with van der Waals surface area (Å²) in [6, 6.07) is 4.58. The number of rotatable bonds is 4. The summed E-state index contributed by atoms with van der Waals surface area (Å²) < 4.78 is 13.7. The van der Waals surface area contributed by atoms with Gasteiger partial charge in [-0.2, -0.15) is 0 Å². The van der Waals surface area contributed by atoms with E-state index in [1.54, 1.807) is 24.1 Å². The molecule has 110 valence electrons. The summed E-state index contributed by atoms with van der Waals surface area (Å²) in [5.41, 5.74) is 0.600. The molecule has 1 unspecified atom stereocenters. The number of likely N-dealkylation sites (tertiary alicyclic amines) is 1. The van der Waals surface area contributed by atoms with Gasteiger partial charge >= 0.3 is 0 Å². The maximum absolute atomic E-state index is 13.7. The average Bonchev–Trinajstić information content (AvgIpc) is 2.47. The first-order valence-corrected chi connectivity index (χ1v) is 7.07. The van der Waals surface area contributed by atoms with E-state index in [2.05, 4.69) is 5.32 Å². The van der Waals surface area contributed by atoms with Crippen LogP contribution in [0.5, 0.6) is 0 Å². The molecule has 20 heavy (non-hydrogen) atoms. The van der Waals surface area contributed by atoms with Crippen molar-refractivity contribution in [1.29, 1.82) is 0 Å².